The predicted molar refractivity (Wildman–Crippen MR) is 112 cm³/mol. The van der Waals surface area contributed by atoms with Crippen LogP contribution in [0, 0.1) is 0 Å². The second-order valence-corrected chi connectivity index (χ2v) is 7.43. The van der Waals surface area contributed by atoms with E-state index >= 15 is 0 Å². The fraction of sp³-hybridized carbons (Fsp3) is 0.238. The number of carbonyl (C=O) groups excluding carboxylic acids is 2. The first kappa shape index (κ1) is 19.9. The summed E-state index contributed by atoms with van der Waals surface area (Å²) in [5.41, 5.74) is 2.35. The highest BCUT2D eigenvalue weighted by atomic mass is 35.5. The largest absolute Gasteiger partial charge is 0.482 e. The third-order valence-corrected chi connectivity index (χ3v) is 5.43. The van der Waals surface area contributed by atoms with Crippen molar-refractivity contribution in [1.29, 1.82) is 0 Å². The van der Waals surface area contributed by atoms with Gasteiger partial charge < -0.3 is 9.64 Å². The number of hydrogen-bond acceptors (Lipinski definition) is 5. The highest BCUT2D eigenvalue weighted by Gasteiger charge is 2.29. The average Bonchev–Trinajstić information content (AvgIpc) is 3.30. The van der Waals surface area contributed by atoms with Crippen molar-refractivity contribution >= 4 is 29.1 Å². The number of likely N-dealkylation sites (N-methyl/N-ethyl adjacent to an activating group) is 1. The van der Waals surface area contributed by atoms with Crippen LogP contribution in [-0.2, 0) is 9.59 Å². The Balaban J connectivity index is 1.48. The molecule has 0 spiro atoms. The molecular weight excluding hydrogens is 406 g/mol. The zero-order valence-corrected chi connectivity index (χ0v) is 17.3. The van der Waals surface area contributed by atoms with E-state index in [1.807, 2.05) is 31.2 Å². The van der Waals surface area contributed by atoms with Crippen molar-refractivity contribution in [2.75, 3.05) is 25.1 Å². The van der Waals surface area contributed by atoms with Gasteiger partial charge in [-0.2, -0.15) is 5.10 Å². The van der Waals surface area contributed by atoms with Gasteiger partial charge >= 0.3 is 0 Å². The fourth-order valence-electron chi connectivity index (χ4n) is 3.28. The van der Waals surface area contributed by atoms with Crippen LogP contribution in [0.2, 0.25) is 5.02 Å². The first-order valence-electron chi connectivity index (χ1n) is 9.37. The van der Waals surface area contributed by atoms with Gasteiger partial charge in [0, 0.05) is 12.1 Å². The lowest BCUT2D eigenvalue weighted by atomic mass is 10.1. The van der Waals surface area contributed by atoms with E-state index in [2.05, 4.69) is 10.1 Å². The summed E-state index contributed by atoms with van der Waals surface area (Å²) < 4.78 is 7.10. The third-order valence-electron chi connectivity index (χ3n) is 5.19. The van der Waals surface area contributed by atoms with E-state index in [1.165, 1.54) is 11.2 Å². The molecule has 9 heteroatoms. The number of fused-ring (bicyclic) bond motifs is 1. The summed E-state index contributed by atoms with van der Waals surface area (Å²) in [6, 6.07) is 12.6. The molecule has 1 aliphatic rings. The Morgan fingerprint density at radius 1 is 1.27 bits per heavy atom. The number of hydrogen-bond donors (Lipinski definition) is 0. The average molecular weight is 426 g/mol. The number of rotatable bonds is 5. The summed E-state index contributed by atoms with van der Waals surface area (Å²) in [7, 11) is 1.72. The second-order valence-electron chi connectivity index (χ2n) is 6.99. The van der Waals surface area contributed by atoms with Crippen LogP contribution in [0.3, 0.4) is 0 Å². The number of carbonyl (C=O) groups is 2. The maximum atomic E-state index is 13.0. The van der Waals surface area contributed by atoms with E-state index in [4.69, 9.17) is 16.3 Å². The van der Waals surface area contributed by atoms with Crippen molar-refractivity contribution in [3.05, 3.63) is 65.7 Å². The molecule has 0 aliphatic carbocycles. The molecule has 0 bridgehead atoms. The minimum Gasteiger partial charge on any atom is -0.482 e. The number of nitrogens with zero attached hydrogens (tertiary/aromatic N) is 5. The number of halogens is 1. The van der Waals surface area contributed by atoms with Crippen molar-refractivity contribution < 1.29 is 14.3 Å². The molecule has 154 valence electrons. The van der Waals surface area contributed by atoms with Gasteiger partial charge in [0.05, 0.1) is 17.4 Å². The van der Waals surface area contributed by atoms with Crippen LogP contribution in [0.1, 0.15) is 18.5 Å². The molecule has 2 heterocycles. The van der Waals surface area contributed by atoms with E-state index in [-0.39, 0.29) is 31.0 Å². The highest BCUT2D eigenvalue weighted by molar-refractivity contribution is 6.31. The Labute approximate surface area is 178 Å². The summed E-state index contributed by atoms with van der Waals surface area (Å²) in [4.78, 5) is 32.3. The summed E-state index contributed by atoms with van der Waals surface area (Å²) in [5.74, 6) is 0.0617. The first-order chi connectivity index (χ1) is 14.4. The maximum absolute atomic E-state index is 13.0. The molecule has 1 aliphatic heterocycles. The Kier molecular flexibility index (Phi) is 5.41. The van der Waals surface area contributed by atoms with Crippen LogP contribution in [0.25, 0.3) is 5.69 Å². The molecule has 0 unspecified atom stereocenters. The normalized spacial score (nSPS) is 14.1. The lowest BCUT2D eigenvalue weighted by Crippen LogP contribution is -2.46. The molecule has 8 nitrogen and oxygen atoms in total. The van der Waals surface area contributed by atoms with Crippen molar-refractivity contribution in [2.24, 2.45) is 0 Å². The van der Waals surface area contributed by atoms with Crippen molar-refractivity contribution in [3.8, 4) is 11.4 Å². The van der Waals surface area contributed by atoms with Crippen LogP contribution in [-0.4, -0.2) is 51.7 Å². The number of anilines is 1. The van der Waals surface area contributed by atoms with Crippen molar-refractivity contribution in [1.82, 2.24) is 19.7 Å². The van der Waals surface area contributed by atoms with Crippen LogP contribution >= 0.6 is 11.6 Å². The Hall–Kier alpha value is -3.39. The molecule has 1 aromatic heterocycles. The molecule has 0 saturated heterocycles. The quantitative estimate of drug-likeness (QED) is 0.628. The molecular formula is C21H20ClN5O3. The Morgan fingerprint density at radius 3 is 2.73 bits per heavy atom. The van der Waals surface area contributed by atoms with Gasteiger partial charge in [0.15, 0.2) is 6.61 Å². The summed E-state index contributed by atoms with van der Waals surface area (Å²) in [6.07, 6.45) is 3.10. The molecule has 0 N–H and O–H groups in total. The standard InChI is InChI=1S/C21H20ClN5O3/c1-14(15-3-6-17(7-4-15)27-13-23-12-24-27)25(2)20(28)10-26-18-9-16(22)5-8-19(18)30-11-21(26)29/h3-9,12-14H,10-11H2,1-2H3/t14-/m1/s1. The number of benzene rings is 2. The van der Waals surface area contributed by atoms with Gasteiger partial charge in [0.2, 0.25) is 5.91 Å². The van der Waals surface area contributed by atoms with Gasteiger partial charge in [-0.3, -0.25) is 14.5 Å². The van der Waals surface area contributed by atoms with Crippen LogP contribution < -0.4 is 9.64 Å². The Bertz CT molecular complexity index is 1070. The topological polar surface area (TPSA) is 80.6 Å². The van der Waals surface area contributed by atoms with Gasteiger partial charge in [0.1, 0.15) is 24.9 Å². The monoisotopic (exact) mass is 425 g/mol. The van der Waals surface area contributed by atoms with E-state index < -0.39 is 0 Å². The van der Waals surface area contributed by atoms with Gasteiger partial charge in [0.25, 0.3) is 5.91 Å². The highest BCUT2D eigenvalue weighted by Crippen LogP contribution is 2.34. The van der Waals surface area contributed by atoms with Gasteiger partial charge in [-0.25, -0.2) is 9.67 Å². The molecule has 2 amide bonds. The van der Waals surface area contributed by atoms with Gasteiger partial charge in [-0.15, -0.1) is 0 Å². The van der Waals surface area contributed by atoms with Crippen LogP contribution in [0.4, 0.5) is 5.69 Å². The predicted octanol–water partition coefficient (Wildman–Crippen LogP) is 2.87. The zero-order chi connectivity index (χ0) is 21.3. The molecule has 3 aromatic rings. The zero-order valence-electron chi connectivity index (χ0n) is 16.5. The van der Waals surface area contributed by atoms with E-state index in [0.29, 0.717) is 16.5 Å². The molecule has 30 heavy (non-hydrogen) atoms. The maximum Gasteiger partial charge on any atom is 0.265 e. The van der Waals surface area contributed by atoms with Gasteiger partial charge in [-0.05, 0) is 42.8 Å². The lowest BCUT2D eigenvalue weighted by molar-refractivity contribution is -0.132. The molecule has 4 rings (SSSR count). The molecule has 1 atom stereocenters. The second kappa shape index (κ2) is 8.16. The van der Waals surface area contributed by atoms with Crippen molar-refractivity contribution in [2.45, 2.75) is 13.0 Å². The minimum atomic E-state index is -0.281. The molecule has 2 aromatic carbocycles. The summed E-state index contributed by atoms with van der Waals surface area (Å²) in [6.45, 7) is 1.74. The van der Waals surface area contributed by atoms with Gasteiger partial charge in [-0.1, -0.05) is 23.7 Å². The first-order valence-corrected chi connectivity index (χ1v) is 9.75. The van der Waals surface area contributed by atoms with Crippen LogP contribution in [0.15, 0.2) is 55.1 Å². The number of amides is 2. The molecule has 0 saturated carbocycles. The minimum absolute atomic E-state index is 0.0899. The van der Waals surface area contributed by atoms with E-state index in [1.54, 1.807) is 41.2 Å². The summed E-state index contributed by atoms with van der Waals surface area (Å²) in [5, 5.41) is 4.58. The Morgan fingerprint density at radius 2 is 2.03 bits per heavy atom. The van der Waals surface area contributed by atoms with Crippen LogP contribution in [0.5, 0.6) is 5.75 Å². The van der Waals surface area contributed by atoms with E-state index in [0.717, 1.165) is 11.3 Å². The molecule has 0 fully saturated rings. The SMILES string of the molecule is C[C@H](c1ccc(-n2cncn2)cc1)N(C)C(=O)CN1C(=O)COc2ccc(Cl)cc21. The van der Waals surface area contributed by atoms with Crippen molar-refractivity contribution in [3.63, 3.8) is 0 Å². The van der Waals surface area contributed by atoms with E-state index in [9.17, 15) is 9.59 Å². The summed E-state index contributed by atoms with van der Waals surface area (Å²) >= 11 is 6.07. The molecule has 0 radical (unpaired) electrons. The third kappa shape index (κ3) is 3.86. The smallest absolute Gasteiger partial charge is 0.265 e. The lowest BCUT2D eigenvalue weighted by Gasteiger charge is -2.32. The number of aromatic nitrogens is 3. The number of ether oxygens (including phenoxy) is 1. The fourth-order valence-corrected chi connectivity index (χ4v) is 3.45.